The van der Waals surface area contributed by atoms with Crippen LogP contribution in [0.3, 0.4) is 0 Å². The maximum absolute atomic E-state index is 11.7. The van der Waals surface area contributed by atoms with E-state index in [1.54, 1.807) is 6.08 Å². The molecule has 0 spiro atoms. The van der Waals surface area contributed by atoms with E-state index in [9.17, 15) is 9.59 Å². The number of carbonyl (C=O) groups excluding carboxylic acids is 2. The second-order valence-electron chi connectivity index (χ2n) is 3.44. The molecule has 1 heterocycles. The largest absolute Gasteiger partial charge is 0.295 e. The van der Waals surface area contributed by atoms with E-state index in [0.29, 0.717) is 6.42 Å². The summed E-state index contributed by atoms with van der Waals surface area (Å²) in [6, 6.07) is 0. The fraction of sp³-hybridized carbons (Fsp3) is 0.400. The van der Waals surface area contributed by atoms with Crippen LogP contribution in [0.25, 0.3) is 0 Å². The molecule has 1 aliphatic carbocycles. The Kier molecular flexibility index (Phi) is 2.19. The van der Waals surface area contributed by atoms with Crippen LogP contribution in [-0.2, 0) is 9.59 Å². The number of likely N-dealkylation sites (tertiary alicyclic amines) is 1. The monoisotopic (exact) mass is 211 g/mol. The summed E-state index contributed by atoms with van der Waals surface area (Å²) in [6.45, 7) is 1.42. The summed E-state index contributed by atoms with van der Waals surface area (Å²) in [5.41, 5.74) is -0.0753. The van der Waals surface area contributed by atoms with Crippen LogP contribution < -0.4 is 0 Å². The van der Waals surface area contributed by atoms with Crippen molar-refractivity contribution in [1.82, 2.24) is 4.90 Å². The molecule has 0 bridgehead atoms. The van der Waals surface area contributed by atoms with Crippen molar-refractivity contribution in [1.29, 1.82) is 0 Å². The van der Waals surface area contributed by atoms with Gasteiger partial charge in [-0.15, -0.1) is 0 Å². The van der Waals surface area contributed by atoms with Crippen molar-refractivity contribution >= 4 is 23.3 Å². The van der Waals surface area contributed by atoms with Crippen LogP contribution in [0.5, 0.6) is 0 Å². The molecule has 1 fully saturated rings. The lowest BCUT2D eigenvalue weighted by Crippen LogP contribution is -2.31. The molecule has 2 atom stereocenters. The minimum absolute atomic E-state index is 0.0718. The smallest absolute Gasteiger partial charge is 0.225 e. The normalized spacial score (nSPS) is 30.3. The average molecular weight is 212 g/mol. The standard InChI is InChI=1S/C10H10ClNO2/c1-6(13)12-8-5-3-2-4-7(8)9(14)10(12)11/h2-3,5,7,10H,4H2,1H3. The van der Waals surface area contributed by atoms with Gasteiger partial charge in [-0.1, -0.05) is 23.8 Å². The SMILES string of the molecule is CC(=O)N1C2=CC=CCC2C(=O)C1Cl. The van der Waals surface area contributed by atoms with Crippen molar-refractivity contribution in [3.05, 3.63) is 23.9 Å². The highest BCUT2D eigenvalue weighted by Gasteiger charge is 2.44. The number of amides is 1. The molecular weight excluding hydrogens is 202 g/mol. The molecule has 4 heteroatoms. The molecule has 1 saturated heterocycles. The molecule has 14 heavy (non-hydrogen) atoms. The molecule has 0 radical (unpaired) electrons. The van der Waals surface area contributed by atoms with Crippen LogP contribution in [0.2, 0.25) is 0 Å². The number of fused-ring (bicyclic) bond motifs is 1. The fourth-order valence-corrected chi connectivity index (χ4v) is 2.30. The number of ketones is 1. The van der Waals surface area contributed by atoms with Crippen molar-refractivity contribution in [3.8, 4) is 0 Å². The fourth-order valence-electron chi connectivity index (χ4n) is 1.89. The van der Waals surface area contributed by atoms with Crippen molar-refractivity contribution < 1.29 is 9.59 Å². The predicted octanol–water partition coefficient (Wildman–Crippen LogP) is 1.44. The summed E-state index contributed by atoms with van der Waals surface area (Å²) < 4.78 is 0. The Bertz CT molecular complexity index is 359. The zero-order valence-corrected chi connectivity index (χ0v) is 8.49. The molecule has 2 rings (SSSR count). The van der Waals surface area contributed by atoms with Crippen LogP contribution in [0, 0.1) is 5.92 Å². The van der Waals surface area contributed by atoms with Crippen LogP contribution >= 0.6 is 11.6 Å². The third kappa shape index (κ3) is 1.20. The van der Waals surface area contributed by atoms with Gasteiger partial charge in [0.15, 0.2) is 11.3 Å². The summed E-state index contributed by atoms with van der Waals surface area (Å²) in [6.07, 6.45) is 6.21. The van der Waals surface area contributed by atoms with E-state index >= 15 is 0 Å². The number of hydrogen-bond acceptors (Lipinski definition) is 2. The number of alkyl halides is 1. The van der Waals surface area contributed by atoms with Crippen molar-refractivity contribution in [2.45, 2.75) is 18.8 Å². The zero-order chi connectivity index (χ0) is 10.3. The number of hydrogen-bond donors (Lipinski definition) is 0. The second kappa shape index (κ2) is 3.24. The quantitative estimate of drug-likeness (QED) is 0.449. The molecule has 0 N–H and O–H groups in total. The highest BCUT2D eigenvalue weighted by Crippen LogP contribution is 2.36. The third-order valence-electron chi connectivity index (χ3n) is 2.55. The lowest BCUT2D eigenvalue weighted by atomic mass is 9.96. The summed E-state index contributed by atoms with van der Waals surface area (Å²) in [4.78, 5) is 24.3. The molecule has 2 unspecified atom stereocenters. The van der Waals surface area contributed by atoms with Gasteiger partial charge in [0.05, 0.1) is 5.92 Å². The van der Waals surface area contributed by atoms with Crippen LogP contribution in [0.15, 0.2) is 23.9 Å². The van der Waals surface area contributed by atoms with Crippen molar-refractivity contribution in [2.75, 3.05) is 0 Å². The van der Waals surface area contributed by atoms with Crippen molar-refractivity contribution in [3.63, 3.8) is 0 Å². The van der Waals surface area contributed by atoms with Gasteiger partial charge in [-0.3, -0.25) is 14.5 Å². The Balaban J connectivity index is 2.42. The Hall–Kier alpha value is -1.09. The van der Waals surface area contributed by atoms with Gasteiger partial charge >= 0.3 is 0 Å². The van der Waals surface area contributed by atoms with E-state index in [0.717, 1.165) is 5.70 Å². The van der Waals surface area contributed by atoms with E-state index < -0.39 is 5.50 Å². The number of allylic oxidation sites excluding steroid dienone is 4. The minimum Gasteiger partial charge on any atom is -0.295 e. The summed E-state index contributed by atoms with van der Waals surface area (Å²) in [5.74, 6) is -0.466. The molecular formula is C10H10ClNO2. The van der Waals surface area contributed by atoms with Crippen molar-refractivity contribution in [2.24, 2.45) is 5.92 Å². The van der Waals surface area contributed by atoms with Crippen LogP contribution in [-0.4, -0.2) is 22.1 Å². The van der Waals surface area contributed by atoms with E-state index in [1.807, 2.05) is 12.2 Å². The molecule has 0 aromatic heterocycles. The van der Waals surface area contributed by atoms with Gasteiger partial charge in [0.1, 0.15) is 0 Å². The molecule has 0 aromatic rings. The Morgan fingerprint density at radius 1 is 1.64 bits per heavy atom. The molecule has 1 aliphatic heterocycles. The lowest BCUT2D eigenvalue weighted by molar-refractivity contribution is -0.129. The molecule has 0 aromatic carbocycles. The topological polar surface area (TPSA) is 37.4 Å². The summed E-state index contributed by atoms with van der Waals surface area (Å²) in [7, 11) is 0. The minimum atomic E-state index is -0.816. The highest BCUT2D eigenvalue weighted by molar-refractivity contribution is 6.33. The van der Waals surface area contributed by atoms with Gasteiger partial charge in [0, 0.05) is 12.6 Å². The first-order valence-corrected chi connectivity index (χ1v) is 4.91. The lowest BCUT2D eigenvalue weighted by Gasteiger charge is -2.20. The summed E-state index contributed by atoms with van der Waals surface area (Å²) in [5, 5.41) is 0. The van der Waals surface area contributed by atoms with Gasteiger partial charge in [-0.2, -0.15) is 0 Å². The molecule has 1 amide bonds. The zero-order valence-electron chi connectivity index (χ0n) is 7.74. The van der Waals surface area contributed by atoms with Gasteiger partial charge in [-0.05, 0) is 12.5 Å². The summed E-state index contributed by atoms with van der Waals surface area (Å²) >= 11 is 5.89. The van der Waals surface area contributed by atoms with Crippen LogP contribution in [0.4, 0.5) is 0 Å². The maximum Gasteiger partial charge on any atom is 0.225 e. The predicted molar refractivity (Wildman–Crippen MR) is 52.5 cm³/mol. The average Bonchev–Trinajstić information content (AvgIpc) is 2.41. The Labute approximate surface area is 87.0 Å². The third-order valence-corrected chi connectivity index (χ3v) is 2.96. The number of carbonyl (C=O) groups is 2. The molecule has 74 valence electrons. The van der Waals surface area contributed by atoms with Gasteiger partial charge in [0.25, 0.3) is 0 Å². The van der Waals surface area contributed by atoms with E-state index in [2.05, 4.69) is 0 Å². The molecule has 0 saturated carbocycles. The van der Waals surface area contributed by atoms with E-state index in [1.165, 1.54) is 11.8 Å². The Morgan fingerprint density at radius 3 is 3.00 bits per heavy atom. The number of rotatable bonds is 0. The highest BCUT2D eigenvalue weighted by atomic mass is 35.5. The maximum atomic E-state index is 11.7. The number of halogens is 1. The first kappa shape index (κ1) is 9.46. The first-order valence-electron chi connectivity index (χ1n) is 4.47. The van der Waals surface area contributed by atoms with Gasteiger partial charge in [0.2, 0.25) is 5.91 Å². The number of nitrogens with zero attached hydrogens (tertiary/aromatic N) is 1. The van der Waals surface area contributed by atoms with E-state index in [4.69, 9.17) is 11.6 Å². The van der Waals surface area contributed by atoms with E-state index in [-0.39, 0.29) is 17.6 Å². The van der Waals surface area contributed by atoms with Gasteiger partial charge in [-0.25, -0.2) is 0 Å². The Morgan fingerprint density at radius 2 is 2.36 bits per heavy atom. The molecule has 2 aliphatic rings. The number of Topliss-reactive ketones (excluding diaryl/α,β-unsaturated/α-hetero) is 1. The first-order chi connectivity index (χ1) is 6.63. The second-order valence-corrected chi connectivity index (χ2v) is 3.85. The van der Waals surface area contributed by atoms with Gasteiger partial charge < -0.3 is 0 Å². The van der Waals surface area contributed by atoms with Crippen LogP contribution in [0.1, 0.15) is 13.3 Å². The molecule has 3 nitrogen and oxygen atoms in total.